The molecule has 6 heteroatoms. The highest BCUT2D eigenvalue weighted by Crippen LogP contribution is 2.45. The highest BCUT2D eigenvalue weighted by molar-refractivity contribution is 6.17. The molecule has 2 unspecified atom stereocenters. The van der Waals surface area contributed by atoms with Gasteiger partial charge in [0.15, 0.2) is 0 Å². The van der Waals surface area contributed by atoms with Crippen molar-refractivity contribution >= 4 is 17.5 Å². The quantitative estimate of drug-likeness (QED) is 0.438. The fourth-order valence-electron chi connectivity index (χ4n) is 1.91. The molecule has 2 saturated heterocycles. The minimum Gasteiger partial charge on any atom is -0.335 e. The van der Waals surface area contributed by atoms with E-state index in [1.807, 2.05) is 0 Å². The van der Waals surface area contributed by atoms with E-state index < -0.39 is 18.1 Å². The molecule has 17 heavy (non-hydrogen) atoms. The zero-order valence-electron chi connectivity index (χ0n) is 9.76. The van der Waals surface area contributed by atoms with Gasteiger partial charge in [-0.1, -0.05) is 19.8 Å². The van der Waals surface area contributed by atoms with Crippen molar-refractivity contribution < 1.29 is 18.0 Å². The van der Waals surface area contributed by atoms with E-state index in [4.69, 9.17) is 11.6 Å². The van der Waals surface area contributed by atoms with E-state index in [9.17, 15) is 18.0 Å². The Labute approximate surface area is 104 Å². The lowest BCUT2D eigenvalue weighted by Gasteiger charge is -2.12. The molecule has 2 heterocycles. The van der Waals surface area contributed by atoms with E-state index in [-0.39, 0.29) is 12.3 Å². The van der Waals surface area contributed by atoms with Crippen LogP contribution in [0.15, 0.2) is 0 Å². The van der Waals surface area contributed by atoms with Crippen molar-refractivity contribution in [3.63, 3.8) is 0 Å². The second kappa shape index (κ2) is 5.94. The fourth-order valence-corrected chi connectivity index (χ4v) is 2.09. The van der Waals surface area contributed by atoms with E-state index in [1.165, 1.54) is 24.2 Å². The van der Waals surface area contributed by atoms with Gasteiger partial charge in [0.2, 0.25) is 5.91 Å². The fraction of sp³-hybridized carbons (Fsp3) is 0.909. The summed E-state index contributed by atoms with van der Waals surface area (Å²) in [4.78, 5) is 12.0. The standard InChI is InChI=1S/C6H6F3NO.C5H11Cl/c7-6(8,9)3-1-5(11)10-2-4(3)10;1-2-3-4-5-6/h3-4H,1-2H2;2-5H2,1H3. The third kappa shape index (κ3) is 4.05. The van der Waals surface area contributed by atoms with Gasteiger partial charge < -0.3 is 4.90 Å². The average molecular weight is 272 g/mol. The zero-order valence-corrected chi connectivity index (χ0v) is 10.5. The summed E-state index contributed by atoms with van der Waals surface area (Å²) < 4.78 is 36.1. The van der Waals surface area contributed by atoms with Gasteiger partial charge in [0, 0.05) is 18.8 Å². The normalized spacial score (nSPS) is 26.4. The molecule has 0 saturated carbocycles. The third-order valence-electron chi connectivity index (χ3n) is 2.99. The van der Waals surface area contributed by atoms with Gasteiger partial charge in [0.05, 0.1) is 12.0 Å². The van der Waals surface area contributed by atoms with E-state index in [0.29, 0.717) is 6.54 Å². The molecular weight excluding hydrogens is 255 g/mol. The Balaban J connectivity index is 0.000000209. The second-order valence-electron chi connectivity index (χ2n) is 4.36. The molecule has 100 valence electrons. The number of halogens is 4. The third-order valence-corrected chi connectivity index (χ3v) is 3.25. The number of fused-ring (bicyclic) bond motifs is 1. The van der Waals surface area contributed by atoms with Crippen LogP contribution in [0.25, 0.3) is 0 Å². The molecule has 0 N–H and O–H groups in total. The van der Waals surface area contributed by atoms with Gasteiger partial charge in [0.25, 0.3) is 0 Å². The first-order valence-electron chi connectivity index (χ1n) is 5.84. The number of rotatable bonds is 3. The Morgan fingerprint density at radius 3 is 2.24 bits per heavy atom. The molecule has 1 amide bonds. The van der Waals surface area contributed by atoms with E-state index in [1.54, 1.807) is 0 Å². The summed E-state index contributed by atoms with van der Waals surface area (Å²) >= 11 is 5.38. The summed E-state index contributed by atoms with van der Waals surface area (Å²) in [6, 6.07) is -0.525. The highest BCUT2D eigenvalue weighted by Gasteiger charge is 2.61. The lowest BCUT2D eigenvalue weighted by atomic mass is 10.0. The van der Waals surface area contributed by atoms with Crippen molar-refractivity contribution in [3.8, 4) is 0 Å². The minimum absolute atomic E-state index is 0.309. The van der Waals surface area contributed by atoms with Crippen LogP contribution in [-0.4, -0.2) is 35.4 Å². The number of nitrogens with zero attached hydrogens (tertiary/aromatic N) is 1. The predicted molar refractivity (Wildman–Crippen MR) is 59.9 cm³/mol. The summed E-state index contributed by atoms with van der Waals surface area (Å²) in [7, 11) is 0. The summed E-state index contributed by atoms with van der Waals surface area (Å²) in [6.07, 6.45) is -0.798. The topological polar surface area (TPSA) is 20.1 Å². The number of alkyl halides is 4. The molecule has 0 aromatic carbocycles. The maximum absolute atomic E-state index is 12.0. The van der Waals surface area contributed by atoms with Crippen LogP contribution in [0.3, 0.4) is 0 Å². The van der Waals surface area contributed by atoms with E-state index >= 15 is 0 Å². The van der Waals surface area contributed by atoms with Crippen molar-refractivity contribution in [2.45, 2.75) is 44.8 Å². The van der Waals surface area contributed by atoms with Crippen LogP contribution in [0.5, 0.6) is 0 Å². The molecule has 0 aliphatic carbocycles. The SMILES string of the molecule is CCCCCCl.O=C1CC(C(F)(F)F)C2CN12. The Morgan fingerprint density at radius 1 is 1.41 bits per heavy atom. The van der Waals surface area contributed by atoms with Crippen LogP contribution < -0.4 is 0 Å². The maximum Gasteiger partial charge on any atom is 0.394 e. The molecule has 2 aliphatic heterocycles. The molecule has 0 aromatic rings. The predicted octanol–water partition coefficient (Wildman–Crippen LogP) is 3.19. The molecule has 0 radical (unpaired) electrons. The monoisotopic (exact) mass is 271 g/mol. The summed E-state index contributed by atoms with van der Waals surface area (Å²) in [5.41, 5.74) is 0. The van der Waals surface area contributed by atoms with E-state index in [0.717, 1.165) is 5.88 Å². The molecule has 0 spiro atoms. The molecule has 0 bridgehead atoms. The van der Waals surface area contributed by atoms with Crippen LogP contribution in [0, 0.1) is 5.92 Å². The minimum atomic E-state index is -4.19. The first kappa shape index (κ1) is 14.6. The number of amides is 1. The summed E-state index contributed by atoms with van der Waals surface area (Å²) in [5, 5.41) is 0. The van der Waals surface area contributed by atoms with Gasteiger partial charge in [-0.2, -0.15) is 13.2 Å². The van der Waals surface area contributed by atoms with Gasteiger partial charge >= 0.3 is 6.18 Å². The molecule has 2 fully saturated rings. The van der Waals surface area contributed by atoms with Crippen molar-refractivity contribution in [3.05, 3.63) is 0 Å². The van der Waals surface area contributed by atoms with Gasteiger partial charge in [0.1, 0.15) is 0 Å². The van der Waals surface area contributed by atoms with Crippen LogP contribution in [0.2, 0.25) is 0 Å². The number of unbranched alkanes of at least 4 members (excludes halogenated alkanes) is 2. The molecule has 2 rings (SSSR count). The first-order valence-corrected chi connectivity index (χ1v) is 6.37. The van der Waals surface area contributed by atoms with Crippen LogP contribution in [0.1, 0.15) is 32.6 Å². The number of hydrogen-bond acceptors (Lipinski definition) is 1. The second-order valence-corrected chi connectivity index (χ2v) is 4.74. The van der Waals surface area contributed by atoms with Crippen LogP contribution >= 0.6 is 11.6 Å². The average Bonchev–Trinajstić information content (AvgIpc) is 2.96. The first-order chi connectivity index (χ1) is 7.91. The van der Waals surface area contributed by atoms with E-state index in [2.05, 4.69) is 6.92 Å². The number of carbonyl (C=O) groups is 1. The van der Waals surface area contributed by atoms with Crippen molar-refractivity contribution in [1.29, 1.82) is 0 Å². The smallest absolute Gasteiger partial charge is 0.335 e. The Morgan fingerprint density at radius 2 is 2.06 bits per heavy atom. The Hall–Kier alpha value is -0.450. The Kier molecular flexibility index (Phi) is 5.10. The molecule has 0 aromatic heterocycles. The zero-order chi connectivity index (χ0) is 13.1. The molecule has 2 aliphatic rings. The van der Waals surface area contributed by atoms with Crippen molar-refractivity contribution in [2.75, 3.05) is 12.4 Å². The Bertz CT molecular complexity index is 266. The molecular formula is C11H17ClF3NO. The van der Waals surface area contributed by atoms with Crippen molar-refractivity contribution in [2.24, 2.45) is 5.92 Å². The summed E-state index contributed by atoms with van der Waals surface area (Å²) in [5.74, 6) is -0.916. The summed E-state index contributed by atoms with van der Waals surface area (Å²) in [6.45, 7) is 2.48. The highest BCUT2D eigenvalue weighted by atomic mass is 35.5. The van der Waals surface area contributed by atoms with Gasteiger partial charge in [-0.3, -0.25) is 4.79 Å². The maximum atomic E-state index is 12.0. The molecule has 2 atom stereocenters. The lowest BCUT2D eigenvalue weighted by molar-refractivity contribution is -0.173. The molecule has 2 nitrogen and oxygen atoms in total. The van der Waals surface area contributed by atoms with Gasteiger partial charge in [-0.25, -0.2) is 0 Å². The van der Waals surface area contributed by atoms with Crippen LogP contribution in [-0.2, 0) is 4.79 Å². The number of carbonyl (C=O) groups excluding carboxylic acids is 1. The number of hydrogen-bond donors (Lipinski definition) is 0. The van der Waals surface area contributed by atoms with Gasteiger partial charge in [-0.15, -0.1) is 11.6 Å². The van der Waals surface area contributed by atoms with Crippen LogP contribution in [0.4, 0.5) is 13.2 Å². The largest absolute Gasteiger partial charge is 0.394 e. The van der Waals surface area contributed by atoms with Gasteiger partial charge in [-0.05, 0) is 6.42 Å². The number of piperidine rings is 1. The lowest BCUT2D eigenvalue weighted by Crippen LogP contribution is -2.26. The van der Waals surface area contributed by atoms with Crippen molar-refractivity contribution in [1.82, 2.24) is 4.90 Å².